The Kier molecular flexibility index (Phi) is 5.11. The molecule has 20 heavy (non-hydrogen) atoms. The average molecular weight is 343 g/mol. The highest BCUT2D eigenvalue weighted by Gasteiger charge is 2.19. The molecule has 2 amide bonds. The van der Waals surface area contributed by atoms with Crippen LogP contribution < -0.4 is 10.6 Å². The molecule has 1 aliphatic rings. The van der Waals surface area contributed by atoms with E-state index in [4.69, 9.17) is 0 Å². The van der Waals surface area contributed by atoms with Crippen LogP contribution in [0.1, 0.15) is 24.8 Å². The van der Waals surface area contributed by atoms with Crippen molar-refractivity contribution < 1.29 is 14.0 Å². The fraction of sp³-hybridized carbons (Fsp3) is 0.429. The van der Waals surface area contributed by atoms with Gasteiger partial charge in [0.15, 0.2) is 0 Å². The summed E-state index contributed by atoms with van der Waals surface area (Å²) < 4.78 is 13.9. The molecular weight excluding hydrogens is 327 g/mol. The zero-order valence-corrected chi connectivity index (χ0v) is 12.5. The highest BCUT2D eigenvalue weighted by atomic mass is 79.9. The lowest BCUT2D eigenvalue weighted by atomic mass is 10.1. The molecule has 0 bridgehead atoms. The van der Waals surface area contributed by atoms with E-state index in [1.54, 1.807) is 6.07 Å². The number of carbonyl (C=O) groups is 2. The van der Waals surface area contributed by atoms with E-state index < -0.39 is 0 Å². The lowest BCUT2D eigenvalue weighted by Gasteiger charge is -2.23. The molecule has 0 spiro atoms. The number of carbonyl (C=O) groups excluding carboxylic acids is 2. The van der Waals surface area contributed by atoms with Crippen LogP contribution in [0.25, 0.3) is 0 Å². The van der Waals surface area contributed by atoms with E-state index in [9.17, 15) is 14.0 Å². The van der Waals surface area contributed by atoms with Crippen molar-refractivity contribution in [3.63, 3.8) is 0 Å². The molecule has 2 N–H and O–H groups in total. The molecule has 1 aromatic carbocycles. The van der Waals surface area contributed by atoms with Crippen LogP contribution in [-0.2, 0) is 16.0 Å². The summed E-state index contributed by atoms with van der Waals surface area (Å²) in [4.78, 5) is 22.8. The van der Waals surface area contributed by atoms with Crippen molar-refractivity contribution in [1.82, 2.24) is 10.6 Å². The standard InChI is InChI=1S/C14H16BrFN2O2/c15-12-4-2-10(16)7-9(12)1-5-14(20)18-11-3-6-13(19)17-8-11/h2,4,7,11H,1,3,5-6,8H2,(H,17,19)(H,18,20). The van der Waals surface area contributed by atoms with Gasteiger partial charge in [0.2, 0.25) is 11.8 Å². The van der Waals surface area contributed by atoms with Gasteiger partial charge < -0.3 is 10.6 Å². The molecule has 1 atom stereocenters. The molecule has 0 radical (unpaired) electrons. The van der Waals surface area contributed by atoms with Gasteiger partial charge in [0.1, 0.15) is 5.82 Å². The molecule has 0 aliphatic carbocycles. The first kappa shape index (κ1) is 15.0. The first-order valence-corrected chi connectivity index (χ1v) is 7.34. The molecule has 4 nitrogen and oxygen atoms in total. The minimum atomic E-state index is -0.307. The quantitative estimate of drug-likeness (QED) is 0.878. The summed E-state index contributed by atoms with van der Waals surface area (Å²) in [5.74, 6) is -0.361. The number of hydrogen-bond donors (Lipinski definition) is 2. The minimum absolute atomic E-state index is 0.00356. The molecule has 1 saturated heterocycles. The first-order chi connectivity index (χ1) is 9.54. The summed E-state index contributed by atoms with van der Waals surface area (Å²) >= 11 is 3.34. The maximum atomic E-state index is 13.1. The SMILES string of the molecule is O=C1CCC(NC(=O)CCc2cc(F)ccc2Br)CN1. The minimum Gasteiger partial charge on any atom is -0.354 e. The van der Waals surface area contributed by atoms with Crippen LogP contribution in [0.15, 0.2) is 22.7 Å². The van der Waals surface area contributed by atoms with Gasteiger partial charge in [-0.2, -0.15) is 0 Å². The molecule has 1 aromatic rings. The Morgan fingerprint density at radius 1 is 1.50 bits per heavy atom. The third-order valence-corrected chi connectivity index (χ3v) is 4.03. The number of nitrogens with one attached hydrogen (secondary N) is 2. The van der Waals surface area contributed by atoms with Gasteiger partial charge in [0.05, 0.1) is 0 Å². The summed E-state index contributed by atoms with van der Waals surface area (Å²) in [5, 5.41) is 5.60. The highest BCUT2D eigenvalue weighted by Crippen LogP contribution is 2.19. The number of piperidine rings is 1. The van der Waals surface area contributed by atoms with Crippen molar-refractivity contribution in [3.05, 3.63) is 34.1 Å². The molecule has 1 heterocycles. The van der Waals surface area contributed by atoms with Crippen molar-refractivity contribution in [3.8, 4) is 0 Å². The molecule has 6 heteroatoms. The van der Waals surface area contributed by atoms with Crippen LogP contribution in [0, 0.1) is 5.82 Å². The van der Waals surface area contributed by atoms with Crippen LogP contribution in [0.5, 0.6) is 0 Å². The molecule has 1 aliphatic heterocycles. The second kappa shape index (κ2) is 6.83. The Bertz CT molecular complexity index is 512. The maximum absolute atomic E-state index is 13.1. The normalized spacial score (nSPS) is 18.5. The topological polar surface area (TPSA) is 58.2 Å². The van der Waals surface area contributed by atoms with Crippen molar-refractivity contribution in [1.29, 1.82) is 0 Å². The average Bonchev–Trinajstić information content (AvgIpc) is 2.42. The number of hydrogen-bond acceptors (Lipinski definition) is 2. The number of aryl methyl sites for hydroxylation is 1. The summed E-state index contributed by atoms with van der Waals surface area (Å²) in [5.41, 5.74) is 0.775. The van der Waals surface area contributed by atoms with Gasteiger partial charge in [-0.25, -0.2) is 4.39 Å². The van der Waals surface area contributed by atoms with Crippen LogP contribution in [-0.4, -0.2) is 24.4 Å². The third kappa shape index (κ3) is 4.30. The van der Waals surface area contributed by atoms with Gasteiger partial charge >= 0.3 is 0 Å². The number of halogens is 2. The lowest BCUT2D eigenvalue weighted by molar-refractivity contribution is -0.125. The molecule has 1 unspecified atom stereocenters. The second-order valence-corrected chi connectivity index (χ2v) is 5.70. The van der Waals surface area contributed by atoms with Gasteiger partial charge in [-0.3, -0.25) is 9.59 Å². The van der Waals surface area contributed by atoms with Gasteiger partial charge in [-0.1, -0.05) is 15.9 Å². The van der Waals surface area contributed by atoms with E-state index in [1.807, 2.05) is 0 Å². The van der Waals surface area contributed by atoms with Crippen LogP contribution >= 0.6 is 15.9 Å². The van der Waals surface area contributed by atoms with Crippen molar-refractivity contribution in [2.24, 2.45) is 0 Å². The molecule has 108 valence electrons. The third-order valence-electron chi connectivity index (χ3n) is 3.26. The van der Waals surface area contributed by atoms with E-state index in [1.165, 1.54) is 12.1 Å². The number of benzene rings is 1. The predicted octanol–water partition coefficient (Wildman–Crippen LogP) is 1.92. The Morgan fingerprint density at radius 3 is 3.00 bits per heavy atom. The van der Waals surface area contributed by atoms with Crippen LogP contribution in [0.2, 0.25) is 0 Å². The molecule has 0 saturated carbocycles. The van der Waals surface area contributed by atoms with Crippen molar-refractivity contribution in [2.45, 2.75) is 31.7 Å². The van der Waals surface area contributed by atoms with E-state index in [-0.39, 0.29) is 23.7 Å². The number of amides is 2. The Balaban J connectivity index is 1.80. The van der Waals surface area contributed by atoms with E-state index in [2.05, 4.69) is 26.6 Å². The van der Waals surface area contributed by atoms with Gasteiger partial charge in [0, 0.05) is 29.9 Å². The summed E-state index contributed by atoms with van der Waals surface area (Å²) in [6.45, 7) is 0.480. The Hall–Kier alpha value is -1.43. The molecular formula is C14H16BrFN2O2. The van der Waals surface area contributed by atoms with Crippen molar-refractivity contribution >= 4 is 27.7 Å². The summed E-state index contributed by atoms with van der Waals surface area (Å²) in [6.07, 6.45) is 1.89. The second-order valence-electron chi connectivity index (χ2n) is 4.84. The zero-order chi connectivity index (χ0) is 14.5. The van der Waals surface area contributed by atoms with Gasteiger partial charge in [0.25, 0.3) is 0 Å². The molecule has 0 aromatic heterocycles. The van der Waals surface area contributed by atoms with E-state index >= 15 is 0 Å². The van der Waals surface area contributed by atoms with E-state index in [0.717, 1.165) is 10.0 Å². The van der Waals surface area contributed by atoms with E-state index in [0.29, 0.717) is 32.2 Å². The fourth-order valence-corrected chi connectivity index (χ4v) is 2.58. The molecule has 2 rings (SSSR count). The zero-order valence-electron chi connectivity index (χ0n) is 10.9. The summed E-state index contributed by atoms with van der Waals surface area (Å²) in [6, 6.07) is 4.44. The Morgan fingerprint density at radius 2 is 2.30 bits per heavy atom. The predicted molar refractivity (Wildman–Crippen MR) is 76.6 cm³/mol. The van der Waals surface area contributed by atoms with Crippen molar-refractivity contribution in [2.75, 3.05) is 6.54 Å². The largest absolute Gasteiger partial charge is 0.354 e. The van der Waals surface area contributed by atoms with Gasteiger partial charge in [-0.05, 0) is 36.6 Å². The first-order valence-electron chi connectivity index (χ1n) is 6.54. The van der Waals surface area contributed by atoms with Gasteiger partial charge in [-0.15, -0.1) is 0 Å². The van der Waals surface area contributed by atoms with Crippen LogP contribution in [0.3, 0.4) is 0 Å². The van der Waals surface area contributed by atoms with Crippen LogP contribution in [0.4, 0.5) is 4.39 Å². The summed E-state index contributed by atoms with van der Waals surface area (Å²) in [7, 11) is 0. The Labute approximate surface area is 125 Å². The highest BCUT2D eigenvalue weighted by molar-refractivity contribution is 9.10. The molecule has 1 fully saturated rings. The monoisotopic (exact) mass is 342 g/mol. The smallest absolute Gasteiger partial charge is 0.220 e. The lowest BCUT2D eigenvalue weighted by Crippen LogP contribution is -2.47. The maximum Gasteiger partial charge on any atom is 0.220 e. The fourth-order valence-electron chi connectivity index (χ4n) is 2.14. The number of rotatable bonds is 4.